The van der Waals surface area contributed by atoms with Crippen LogP contribution >= 0.6 is 0 Å². The Kier molecular flexibility index (Phi) is 8.02. The molecule has 1 N–H and O–H groups in total. The van der Waals surface area contributed by atoms with Crippen LogP contribution in [0.25, 0.3) is 0 Å². The van der Waals surface area contributed by atoms with E-state index in [0.29, 0.717) is 43.5 Å². The van der Waals surface area contributed by atoms with Crippen LogP contribution < -0.4 is 4.74 Å². The molecule has 0 aliphatic heterocycles. The molecule has 3 aliphatic carbocycles. The predicted molar refractivity (Wildman–Crippen MR) is 129 cm³/mol. The number of rotatable bonds is 9. The minimum atomic E-state index is -0.265. The van der Waals surface area contributed by atoms with E-state index >= 15 is 0 Å². The molecule has 4 rings (SSSR count). The normalized spacial score (nSPS) is 37.7. The van der Waals surface area contributed by atoms with Crippen molar-refractivity contribution in [2.24, 2.45) is 28.6 Å². The number of carbonyl (C=O) groups excluding carboxylic acids is 1. The molecule has 190 valence electrons. The van der Waals surface area contributed by atoms with E-state index < -0.39 is 0 Å². The van der Waals surface area contributed by atoms with E-state index in [2.05, 4.69) is 26.0 Å². The minimum Gasteiger partial charge on any atom is -0.497 e. The molecular weight excluding hydrogens is 432 g/mol. The van der Waals surface area contributed by atoms with Crippen LogP contribution in [0.3, 0.4) is 0 Å². The van der Waals surface area contributed by atoms with Crippen LogP contribution in [0.15, 0.2) is 24.3 Å². The van der Waals surface area contributed by atoms with E-state index in [1.807, 2.05) is 12.1 Å². The Balaban J connectivity index is 1.53. The van der Waals surface area contributed by atoms with Crippen molar-refractivity contribution in [2.45, 2.75) is 77.6 Å². The number of benzene rings is 1. The first-order chi connectivity index (χ1) is 16.3. The summed E-state index contributed by atoms with van der Waals surface area (Å²) in [4.78, 5) is 13.1. The fourth-order valence-corrected chi connectivity index (χ4v) is 7.81. The topological polar surface area (TPSA) is 74.2 Å². The molecule has 3 fully saturated rings. The number of ketones is 1. The van der Waals surface area contributed by atoms with Crippen LogP contribution in [0.2, 0.25) is 0 Å². The standard InChI is InChI=1S/C28H42O6/c1-27(11-12-29)15-21(30)16-28(2)24-14-23(33-17-19-5-8-22(32-4)9-6-19)10-7-20(24)13-25(26(27)28)34-18-31-3/h5-6,8-9,20,23-26,29H,7,10-18H2,1-4H3/t20-,23+,24+,25+,26+,27+,28-/m0/s1. The average molecular weight is 475 g/mol. The van der Waals surface area contributed by atoms with Crippen molar-refractivity contribution in [1.82, 2.24) is 0 Å². The molecule has 0 spiro atoms. The molecule has 7 atom stereocenters. The molecule has 3 saturated carbocycles. The molecule has 6 heteroatoms. The highest BCUT2D eigenvalue weighted by Gasteiger charge is 2.62. The van der Waals surface area contributed by atoms with E-state index in [1.165, 1.54) is 0 Å². The first-order valence-electron chi connectivity index (χ1n) is 12.8. The quantitative estimate of drug-likeness (QED) is 0.520. The first-order valence-corrected chi connectivity index (χ1v) is 12.8. The van der Waals surface area contributed by atoms with Crippen LogP contribution in [-0.4, -0.2) is 50.7 Å². The van der Waals surface area contributed by atoms with E-state index in [9.17, 15) is 9.90 Å². The van der Waals surface area contributed by atoms with Gasteiger partial charge in [0.1, 0.15) is 18.3 Å². The number of carbonyl (C=O) groups is 1. The van der Waals surface area contributed by atoms with Gasteiger partial charge in [0.05, 0.1) is 25.9 Å². The Morgan fingerprint density at radius 3 is 2.47 bits per heavy atom. The molecule has 0 amide bonds. The summed E-state index contributed by atoms with van der Waals surface area (Å²) in [6.45, 7) is 5.46. The van der Waals surface area contributed by atoms with Gasteiger partial charge in [-0.05, 0) is 78.4 Å². The Morgan fingerprint density at radius 2 is 1.79 bits per heavy atom. The largest absolute Gasteiger partial charge is 0.497 e. The molecular formula is C28H42O6. The molecule has 1 aromatic carbocycles. The summed E-state index contributed by atoms with van der Waals surface area (Å²) in [7, 11) is 3.34. The first kappa shape index (κ1) is 25.6. The van der Waals surface area contributed by atoms with Gasteiger partial charge in [-0.2, -0.15) is 0 Å². The van der Waals surface area contributed by atoms with Gasteiger partial charge in [0.2, 0.25) is 0 Å². The van der Waals surface area contributed by atoms with Crippen molar-refractivity contribution >= 4 is 5.78 Å². The van der Waals surface area contributed by atoms with Crippen LogP contribution in [0.5, 0.6) is 5.75 Å². The van der Waals surface area contributed by atoms with Gasteiger partial charge in [0, 0.05) is 26.6 Å². The highest BCUT2D eigenvalue weighted by Crippen LogP contribution is 2.64. The number of ether oxygens (including phenoxy) is 4. The number of aliphatic hydroxyl groups is 1. The molecule has 0 unspecified atom stereocenters. The van der Waals surface area contributed by atoms with Gasteiger partial charge in [0.25, 0.3) is 0 Å². The van der Waals surface area contributed by atoms with E-state index in [1.54, 1.807) is 14.2 Å². The molecule has 0 bridgehead atoms. The van der Waals surface area contributed by atoms with Crippen molar-refractivity contribution in [1.29, 1.82) is 0 Å². The van der Waals surface area contributed by atoms with E-state index in [-0.39, 0.29) is 42.4 Å². The predicted octanol–water partition coefficient (Wildman–Crippen LogP) is 4.76. The third-order valence-corrected chi connectivity index (χ3v) is 9.07. The third-order valence-electron chi connectivity index (χ3n) is 9.07. The van der Waals surface area contributed by atoms with Gasteiger partial charge in [0.15, 0.2) is 0 Å². The number of aliphatic hydroxyl groups excluding tert-OH is 1. The lowest BCUT2D eigenvalue weighted by atomic mass is 9.42. The molecule has 0 radical (unpaired) electrons. The second-order valence-corrected chi connectivity index (χ2v) is 11.3. The van der Waals surface area contributed by atoms with Crippen molar-refractivity contribution in [3.8, 4) is 5.75 Å². The number of fused-ring (bicyclic) bond motifs is 3. The Labute approximate surface area is 204 Å². The zero-order valence-corrected chi connectivity index (χ0v) is 21.3. The summed E-state index contributed by atoms with van der Waals surface area (Å²) >= 11 is 0. The van der Waals surface area contributed by atoms with Crippen LogP contribution in [0.4, 0.5) is 0 Å². The maximum atomic E-state index is 13.1. The molecule has 0 aromatic heterocycles. The maximum Gasteiger partial charge on any atom is 0.146 e. The van der Waals surface area contributed by atoms with Crippen LogP contribution in [0.1, 0.15) is 64.4 Å². The fourth-order valence-electron chi connectivity index (χ4n) is 7.81. The molecule has 6 nitrogen and oxygen atoms in total. The number of hydrogen-bond acceptors (Lipinski definition) is 6. The van der Waals surface area contributed by atoms with Gasteiger partial charge >= 0.3 is 0 Å². The molecule has 1 aromatic rings. The highest BCUT2D eigenvalue weighted by molar-refractivity contribution is 5.81. The molecule has 34 heavy (non-hydrogen) atoms. The minimum absolute atomic E-state index is 0.0487. The van der Waals surface area contributed by atoms with Crippen molar-refractivity contribution in [2.75, 3.05) is 27.6 Å². The lowest BCUT2D eigenvalue weighted by Crippen LogP contribution is -2.62. The lowest BCUT2D eigenvalue weighted by molar-refractivity contribution is -0.218. The second kappa shape index (κ2) is 10.7. The Morgan fingerprint density at radius 1 is 1.03 bits per heavy atom. The monoisotopic (exact) mass is 474 g/mol. The zero-order chi connectivity index (χ0) is 24.3. The van der Waals surface area contributed by atoms with E-state index in [4.69, 9.17) is 18.9 Å². The number of methoxy groups -OCH3 is 2. The van der Waals surface area contributed by atoms with Crippen LogP contribution in [-0.2, 0) is 25.6 Å². The summed E-state index contributed by atoms with van der Waals surface area (Å²) in [5, 5.41) is 9.89. The molecule has 0 saturated heterocycles. The average Bonchev–Trinajstić information content (AvgIpc) is 2.81. The van der Waals surface area contributed by atoms with E-state index in [0.717, 1.165) is 37.0 Å². The maximum absolute atomic E-state index is 13.1. The lowest BCUT2D eigenvalue weighted by Gasteiger charge is -2.63. The van der Waals surface area contributed by atoms with Gasteiger partial charge < -0.3 is 24.1 Å². The SMILES string of the molecule is COCO[C@@H]1C[C@@H]2CC[C@@H](OCc3ccc(OC)cc3)C[C@H]2[C@]2(C)CC(=O)C[C@@](C)(CCO)[C@@H]12. The highest BCUT2D eigenvalue weighted by atomic mass is 16.7. The Hall–Kier alpha value is -1.47. The van der Waals surface area contributed by atoms with Gasteiger partial charge in [-0.15, -0.1) is 0 Å². The summed E-state index contributed by atoms with van der Waals surface area (Å²) in [5.74, 6) is 2.32. The van der Waals surface area contributed by atoms with Gasteiger partial charge in [-0.25, -0.2) is 0 Å². The van der Waals surface area contributed by atoms with Gasteiger partial charge in [-0.3, -0.25) is 4.79 Å². The molecule has 3 aliphatic rings. The van der Waals surface area contributed by atoms with Crippen molar-refractivity contribution < 1.29 is 28.8 Å². The fraction of sp³-hybridized carbons (Fsp3) is 0.750. The summed E-state index contributed by atoms with van der Waals surface area (Å²) in [5.41, 5.74) is 0.717. The smallest absolute Gasteiger partial charge is 0.146 e. The van der Waals surface area contributed by atoms with Crippen LogP contribution in [0, 0.1) is 28.6 Å². The third kappa shape index (κ3) is 5.06. The Bertz CT molecular complexity index is 825. The summed E-state index contributed by atoms with van der Waals surface area (Å²) in [6.07, 6.45) is 6.09. The number of Topliss-reactive ketones (excluding diaryl/α,β-unsaturated/α-hetero) is 1. The van der Waals surface area contributed by atoms with Crippen molar-refractivity contribution in [3.63, 3.8) is 0 Å². The number of hydrogen-bond donors (Lipinski definition) is 1. The zero-order valence-electron chi connectivity index (χ0n) is 21.3. The summed E-state index contributed by atoms with van der Waals surface area (Å²) in [6, 6.07) is 8.05. The van der Waals surface area contributed by atoms with Gasteiger partial charge in [-0.1, -0.05) is 26.0 Å². The van der Waals surface area contributed by atoms with Crippen molar-refractivity contribution in [3.05, 3.63) is 29.8 Å². The second-order valence-electron chi connectivity index (χ2n) is 11.3. The summed E-state index contributed by atoms with van der Waals surface area (Å²) < 4.78 is 23.2. The molecule has 0 heterocycles.